The molecule has 0 radical (unpaired) electrons. The Balaban J connectivity index is 2.54. The zero-order valence-electron chi connectivity index (χ0n) is 12.4. The fourth-order valence-electron chi connectivity index (χ4n) is 2.83. The predicted molar refractivity (Wildman–Crippen MR) is 82.0 cm³/mol. The molecule has 0 unspecified atom stereocenters. The van der Waals surface area contributed by atoms with Crippen LogP contribution in [0.4, 0.5) is 0 Å². The Labute approximate surface area is 120 Å². The summed E-state index contributed by atoms with van der Waals surface area (Å²) < 4.78 is 0. The van der Waals surface area contributed by atoms with Crippen molar-refractivity contribution in [2.45, 2.75) is 39.0 Å². The van der Waals surface area contributed by atoms with Gasteiger partial charge in [0.2, 0.25) is 0 Å². The van der Waals surface area contributed by atoms with Gasteiger partial charge in [-0.3, -0.25) is 9.78 Å². The van der Waals surface area contributed by atoms with Gasteiger partial charge in [0.1, 0.15) is 0 Å². The van der Waals surface area contributed by atoms with Crippen LogP contribution in [-0.4, -0.2) is 10.8 Å². The predicted octanol–water partition coefficient (Wildman–Crippen LogP) is 4.33. The number of hydrogen-bond donors (Lipinski definition) is 0. The van der Waals surface area contributed by atoms with Gasteiger partial charge in [-0.05, 0) is 37.0 Å². The van der Waals surface area contributed by atoms with Crippen molar-refractivity contribution in [3.05, 3.63) is 65.5 Å². The third-order valence-corrected chi connectivity index (χ3v) is 4.25. The highest BCUT2D eigenvalue weighted by Crippen LogP contribution is 2.35. The number of pyridine rings is 1. The van der Waals surface area contributed by atoms with Gasteiger partial charge in [0, 0.05) is 18.0 Å². The topological polar surface area (TPSA) is 30.0 Å². The van der Waals surface area contributed by atoms with Gasteiger partial charge in [-0.1, -0.05) is 44.2 Å². The van der Waals surface area contributed by atoms with E-state index >= 15 is 0 Å². The highest BCUT2D eigenvalue weighted by atomic mass is 16.1. The van der Waals surface area contributed by atoms with E-state index in [1.165, 1.54) is 0 Å². The largest absolute Gasteiger partial charge is 0.293 e. The summed E-state index contributed by atoms with van der Waals surface area (Å²) in [5.74, 6) is 0.180. The van der Waals surface area contributed by atoms with Crippen molar-refractivity contribution in [3.8, 4) is 0 Å². The summed E-state index contributed by atoms with van der Waals surface area (Å²) in [5, 5.41) is 0. The average molecular weight is 267 g/mol. The fraction of sp³-hybridized carbons (Fsp3) is 0.333. The van der Waals surface area contributed by atoms with Gasteiger partial charge in [-0.2, -0.15) is 0 Å². The molecule has 2 nitrogen and oxygen atoms in total. The minimum Gasteiger partial charge on any atom is -0.293 e. The lowest BCUT2D eigenvalue weighted by atomic mass is 9.70. The first-order valence-corrected chi connectivity index (χ1v) is 7.16. The number of aryl methyl sites for hydroxylation is 1. The number of carbonyl (C=O) groups excluding carboxylic acids is 1. The Morgan fingerprint density at radius 1 is 1.10 bits per heavy atom. The normalized spacial score (nSPS) is 11.3. The molecular weight excluding hydrogens is 246 g/mol. The lowest BCUT2D eigenvalue weighted by molar-refractivity contribution is 0.0872. The number of carbonyl (C=O) groups is 1. The van der Waals surface area contributed by atoms with Crippen molar-refractivity contribution in [3.63, 3.8) is 0 Å². The van der Waals surface area contributed by atoms with Crippen molar-refractivity contribution < 1.29 is 4.79 Å². The Morgan fingerprint density at radius 3 is 2.30 bits per heavy atom. The van der Waals surface area contributed by atoms with E-state index in [1.54, 1.807) is 12.4 Å². The Bertz CT molecular complexity index is 585. The summed E-state index contributed by atoms with van der Waals surface area (Å²) in [6.07, 6.45) is 5.01. The van der Waals surface area contributed by atoms with E-state index in [-0.39, 0.29) is 5.78 Å². The van der Waals surface area contributed by atoms with Gasteiger partial charge in [-0.15, -0.1) is 0 Å². The monoisotopic (exact) mass is 267 g/mol. The second kappa shape index (κ2) is 6.00. The molecule has 0 fully saturated rings. The summed E-state index contributed by atoms with van der Waals surface area (Å²) in [6, 6.07) is 12.0. The van der Waals surface area contributed by atoms with Crippen LogP contribution in [0.2, 0.25) is 0 Å². The number of rotatable bonds is 5. The first kappa shape index (κ1) is 14.4. The number of hydrogen-bond acceptors (Lipinski definition) is 2. The zero-order valence-corrected chi connectivity index (χ0v) is 12.4. The van der Waals surface area contributed by atoms with Crippen LogP contribution in [0.15, 0.2) is 48.8 Å². The molecule has 1 heterocycles. The van der Waals surface area contributed by atoms with Gasteiger partial charge >= 0.3 is 0 Å². The molecule has 0 atom stereocenters. The SMILES string of the molecule is CCC(CC)(C(=O)c1cnccc1C)c1ccccc1. The van der Waals surface area contributed by atoms with Crippen molar-refractivity contribution >= 4 is 5.78 Å². The Morgan fingerprint density at radius 2 is 1.75 bits per heavy atom. The first-order chi connectivity index (χ1) is 9.65. The summed E-state index contributed by atoms with van der Waals surface area (Å²) in [6.45, 7) is 6.14. The highest BCUT2D eigenvalue weighted by molar-refractivity contribution is 6.04. The van der Waals surface area contributed by atoms with E-state index in [9.17, 15) is 4.79 Å². The van der Waals surface area contributed by atoms with Gasteiger partial charge in [0.15, 0.2) is 5.78 Å². The molecular formula is C18H21NO. The molecule has 0 saturated carbocycles. The number of aromatic nitrogens is 1. The standard InChI is InChI=1S/C18H21NO/c1-4-18(5-2,15-9-7-6-8-10-15)17(20)16-13-19-12-11-14(16)3/h6-13H,4-5H2,1-3H3. The molecule has 0 amide bonds. The summed E-state index contributed by atoms with van der Waals surface area (Å²) >= 11 is 0. The van der Waals surface area contributed by atoms with Crippen LogP contribution in [-0.2, 0) is 5.41 Å². The lowest BCUT2D eigenvalue weighted by Gasteiger charge is -2.31. The lowest BCUT2D eigenvalue weighted by Crippen LogP contribution is -2.35. The zero-order chi connectivity index (χ0) is 14.6. The second-order valence-corrected chi connectivity index (χ2v) is 5.17. The molecule has 2 rings (SSSR count). The van der Waals surface area contributed by atoms with E-state index in [4.69, 9.17) is 0 Å². The van der Waals surface area contributed by atoms with Crippen molar-refractivity contribution in [1.29, 1.82) is 0 Å². The summed E-state index contributed by atoms with van der Waals surface area (Å²) in [5.41, 5.74) is 2.38. The number of nitrogens with zero attached hydrogens (tertiary/aromatic N) is 1. The van der Waals surface area contributed by atoms with Gasteiger partial charge < -0.3 is 0 Å². The number of ketones is 1. The molecule has 0 bridgehead atoms. The van der Waals surface area contributed by atoms with Crippen LogP contribution in [0.25, 0.3) is 0 Å². The minimum atomic E-state index is -0.449. The molecule has 2 aromatic rings. The number of benzene rings is 1. The molecule has 1 aromatic carbocycles. The maximum Gasteiger partial charge on any atom is 0.175 e. The van der Waals surface area contributed by atoms with Crippen LogP contribution in [0, 0.1) is 6.92 Å². The first-order valence-electron chi connectivity index (χ1n) is 7.16. The van der Waals surface area contributed by atoms with Crippen LogP contribution in [0.5, 0.6) is 0 Å². The highest BCUT2D eigenvalue weighted by Gasteiger charge is 2.37. The van der Waals surface area contributed by atoms with E-state index in [0.29, 0.717) is 0 Å². The van der Waals surface area contributed by atoms with Gasteiger partial charge in [-0.25, -0.2) is 0 Å². The molecule has 0 saturated heterocycles. The van der Waals surface area contributed by atoms with E-state index in [2.05, 4.69) is 31.0 Å². The molecule has 104 valence electrons. The second-order valence-electron chi connectivity index (χ2n) is 5.17. The third-order valence-electron chi connectivity index (χ3n) is 4.25. The Kier molecular flexibility index (Phi) is 4.33. The molecule has 0 spiro atoms. The minimum absolute atomic E-state index is 0.180. The molecule has 0 aliphatic rings. The smallest absolute Gasteiger partial charge is 0.175 e. The van der Waals surface area contributed by atoms with Crippen LogP contribution in [0.1, 0.15) is 48.2 Å². The quantitative estimate of drug-likeness (QED) is 0.755. The van der Waals surface area contributed by atoms with Crippen molar-refractivity contribution in [2.24, 2.45) is 0 Å². The average Bonchev–Trinajstić information content (AvgIpc) is 2.50. The number of Topliss-reactive ketones (excluding diaryl/α,β-unsaturated/α-hetero) is 1. The summed E-state index contributed by atoms with van der Waals surface area (Å²) in [4.78, 5) is 17.2. The molecule has 1 aromatic heterocycles. The third kappa shape index (κ3) is 2.38. The molecule has 0 N–H and O–H groups in total. The fourth-order valence-corrected chi connectivity index (χ4v) is 2.83. The molecule has 0 aliphatic carbocycles. The van der Waals surface area contributed by atoms with E-state index in [1.807, 2.05) is 31.2 Å². The molecule has 0 aliphatic heterocycles. The van der Waals surface area contributed by atoms with E-state index < -0.39 is 5.41 Å². The van der Waals surface area contributed by atoms with Crippen LogP contribution in [0.3, 0.4) is 0 Å². The molecule has 2 heteroatoms. The van der Waals surface area contributed by atoms with Gasteiger partial charge in [0.05, 0.1) is 5.41 Å². The van der Waals surface area contributed by atoms with E-state index in [0.717, 1.165) is 29.5 Å². The maximum absolute atomic E-state index is 13.1. The Hall–Kier alpha value is -1.96. The maximum atomic E-state index is 13.1. The molecule has 20 heavy (non-hydrogen) atoms. The van der Waals surface area contributed by atoms with Crippen molar-refractivity contribution in [2.75, 3.05) is 0 Å². The van der Waals surface area contributed by atoms with Crippen LogP contribution >= 0.6 is 0 Å². The van der Waals surface area contributed by atoms with Crippen molar-refractivity contribution in [1.82, 2.24) is 4.98 Å². The van der Waals surface area contributed by atoms with Gasteiger partial charge in [0.25, 0.3) is 0 Å². The summed E-state index contributed by atoms with van der Waals surface area (Å²) in [7, 11) is 0. The van der Waals surface area contributed by atoms with Crippen LogP contribution < -0.4 is 0 Å².